The highest BCUT2D eigenvalue weighted by Crippen LogP contribution is 2.31. The van der Waals surface area contributed by atoms with Crippen LogP contribution in [0.25, 0.3) is 0 Å². The first-order valence-electron chi connectivity index (χ1n) is 7.38. The fourth-order valence-electron chi connectivity index (χ4n) is 2.98. The van der Waals surface area contributed by atoms with Gasteiger partial charge in [0, 0.05) is 24.1 Å². The van der Waals surface area contributed by atoms with E-state index in [1.54, 1.807) is 14.2 Å². The van der Waals surface area contributed by atoms with Crippen LogP contribution in [0.5, 0.6) is 11.5 Å². The van der Waals surface area contributed by atoms with Crippen LogP contribution >= 0.6 is 12.4 Å². The molecule has 0 heterocycles. The fraction of sp³-hybridized carbons (Fsp3) is 0.562. The zero-order chi connectivity index (χ0) is 15.2. The molecule has 0 spiro atoms. The Morgan fingerprint density at radius 2 is 2.09 bits per heavy atom. The summed E-state index contributed by atoms with van der Waals surface area (Å²) in [4.78, 5) is 12.3. The molecule has 1 aromatic carbocycles. The molecule has 0 unspecified atom stereocenters. The maximum Gasteiger partial charge on any atom is 0.223 e. The van der Waals surface area contributed by atoms with Gasteiger partial charge in [-0.1, -0.05) is 6.42 Å². The van der Waals surface area contributed by atoms with E-state index in [9.17, 15) is 4.79 Å². The number of methoxy groups -OCH3 is 2. The SMILES string of the molecule is COc1ccc(CNC(=O)[C@@H]2CCC[C@@H]2CN)c(OC)c1.Cl. The summed E-state index contributed by atoms with van der Waals surface area (Å²) in [6.07, 6.45) is 3.08. The van der Waals surface area contributed by atoms with E-state index in [-0.39, 0.29) is 24.2 Å². The molecule has 6 heteroatoms. The molecule has 3 N–H and O–H groups in total. The predicted molar refractivity (Wildman–Crippen MR) is 88.5 cm³/mol. The zero-order valence-corrected chi connectivity index (χ0v) is 13.9. The summed E-state index contributed by atoms with van der Waals surface area (Å²) in [6, 6.07) is 5.59. The van der Waals surface area contributed by atoms with Gasteiger partial charge in [-0.25, -0.2) is 0 Å². The number of amides is 1. The Bertz CT molecular complexity index is 496. The molecule has 1 aliphatic carbocycles. The molecule has 1 fully saturated rings. The second kappa shape index (κ2) is 8.86. The Labute approximate surface area is 138 Å². The van der Waals surface area contributed by atoms with Crippen molar-refractivity contribution < 1.29 is 14.3 Å². The molecule has 1 amide bonds. The van der Waals surface area contributed by atoms with E-state index in [0.29, 0.717) is 19.0 Å². The molecular weight excluding hydrogens is 304 g/mol. The summed E-state index contributed by atoms with van der Waals surface area (Å²) >= 11 is 0. The van der Waals surface area contributed by atoms with Crippen molar-refractivity contribution in [1.82, 2.24) is 5.32 Å². The standard InChI is InChI=1S/C16H24N2O3.ClH/c1-20-13-7-6-12(15(8-13)21-2)10-18-16(19)14-5-3-4-11(14)9-17;/h6-8,11,14H,3-5,9-10,17H2,1-2H3,(H,18,19);1H/t11-,14-;/m1./s1. The molecule has 2 atom stereocenters. The second-order valence-corrected chi connectivity index (χ2v) is 5.43. The smallest absolute Gasteiger partial charge is 0.223 e. The number of halogens is 1. The number of hydrogen-bond donors (Lipinski definition) is 2. The van der Waals surface area contributed by atoms with Gasteiger partial charge >= 0.3 is 0 Å². The van der Waals surface area contributed by atoms with Gasteiger partial charge in [0.2, 0.25) is 5.91 Å². The lowest BCUT2D eigenvalue weighted by atomic mass is 9.95. The van der Waals surface area contributed by atoms with E-state index in [1.165, 1.54) is 0 Å². The van der Waals surface area contributed by atoms with Crippen molar-refractivity contribution in [2.24, 2.45) is 17.6 Å². The first-order valence-corrected chi connectivity index (χ1v) is 7.38. The van der Waals surface area contributed by atoms with Crippen molar-refractivity contribution in [2.75, 3.05) is 20.8 Å². The van der Waals surface area contributed by atoms with Crippen LogP contribution in [0.1, 0.15) is 24.8 Å². The van der Waals surface area contributed by atoms with Gasteiger partial charge in [-0.05, 0) is 37.4 Å². The summed E-state index contributed by atoms with van der Waals surface area (Å²) in [7, 11) is 3.23. The van der Waals surface area contributed by atoms with Crippen LogP contribution in [0.15, 0.2) is 18.2 Å². The average molecular weight is 329 g/mol. The van der Waals surface area contributed by atoms with Gasteiger partial charge in [-0.2, -0.15) is 0 Å². The van der Waals surface area contributed by atoms with E-state index in [0.717, 1.165) is 36.3 Å². The number of hydrogen-bond acceptors (Lipinski definition) is 4. The Morgan fingerprint density at radius 3 is 2.73 bits per heavy atom. The average Bonchev–Trinajstić information content (AvgIpc) is 3.01. The largest absolute Gasteiger partial charge is 0.497 e. The first kappa shape index (κ1) is 18.6. The van der Waals surface area contributed by atoms with Gasteiger partial charge < -0.3 is 20.5 Å². The highest BCUT2D eigenvalue weighted by molar-refractivity contribution is 5.85. The van der Waals surface area contributed by atoms with Gasteiger partial charge in [-0.3, -0.25) is 4.79 Å². The predicted octanol–water partition coefficient (Wildman–Crippen LogP) is 2.12. The Hall–Kier alpha value is -1.46. The lowest BCUT2D eigenvalue weighted by Gasteiger charge is -2.18. The maximum absolute atomic E-state index is 12.3. The summed E-state index contributed by atoms with van der Waals surface area (Å²) in [6.45, 7) is 1.05. The molecule has 1 aliphatic rings. The van der Waals surface area contributed by atoms with Gasteiger partial charge in [-0.15, -0.1) is 12.4 Å². The van der Waals surface area contributed by atoms with Crippen molar-refractivity contribution in [3.05, 3.63) is 23.8 Å². The van der Waals surface area contributed by atoms with E-state index in [4.69, 9.17) is 15.2 Å². The molecule has 1 aromatic rings. The Balaban J connectivity index is 0.00000242. The van der Waals surface area contributed by atoms with E-state index in [2.05, 4.69) is 5.32 Å². The van der Waals surface area contributed by atoms with Crippen molar-refractivity contribution in [3.63, 3.8) is 0 Å². The number of nitrogens with two attached hydrogens (primary N) is 1. The topological polar surface area (TPSA) is 73.6 Å². The summed E-state index contributed by atoms with van der Waals surface area (Å²) in [5.74, 6) is 1.93. The lowest BCUT2D eigenvalue weighted by molar-refractivity contribution is -0.126. The number of nitrogens with one attached hydrogen (secondary N) is 1. The summed E-state index contributed by atoms with van der Waals surface area (Å²) in [5, 5.41) is 3.00. The van der Waals surface area contributed by atoms with E-state index in [1.807, 2.05) is 18.2 Å². The van der Waals surface area contributed by atoms with Crippen molar-refractivity contribution in [2.45, 2.75) is 25.8 Å². The van der Waals surface area contributed by atoms with Crippen LogP contribution in [0.2, 0.25) is 0 Å². The number of rotatable bonds is 6. The quantitative estimate of drug-likeness (QED) is 0.839. The van der Waals surface area contributed by atoms with Crippen LogP contribution in [-0.2, 0) is 11.3 Å². The summed E-state index contributed by atoms with van der Waals surface area (Å²) in [5.41, 5.74) is 6.67. The number of ether oxygens (including phenoxy) is 2. The molecule has 2 rings (SSSR count). The monoisotopic (exact) mass is 328 g/mol. The van der Waals surface area contributed by atoms with Gasteiger partial charge in [0.05, 0.1) is 14.2 Å². The Kier molecular flexibility index (Phi) is 7.48. The van der Waals surface area contributed by atoms with E-state index < -0.39 is 0 Å². The highest BCUT2D eigenvalue weighted by atomic mass is 35.5. The minimum Gasteiger partial charge on any atom is -0.497 e. The zero-order valence-electron chi connectivity index (χ0n) is 13.1. The highest BCUT2D eigenvalue weighted by Gasteiger charge is 2.31. The molecule has 22 heavy (non-hydrogen) atoms. The second-order valence-electron chi connectivity index (χ2n) is 5.43. The fourth-order valence-corrected chi connectivity index (χ4v) is 2.98. The third kappa shape index (κ3) is 4.27. The molecule has 0 aliphatic heterocycles. The normalized spacial score (nSPS) is 20.1. The van der Waals surface area contributed by atoms with Crippen LogP contribution in [-0.4, -0.2) is 26.7 Å². The molecule has 0 aromatic heterocycles. The minimum atomic E-state index is 0. The third-order valence-electron chi connectivity index (χ3n) is 4.25. The lowest BCUT2D eigenvalue weighted by Crippen LogP contribution is -2.34. The van der Waals surface area contributed by atoms with Crippen LogP contribution in [0.4, 0.5) is 0 Å². The Morgan fingerprint density at radius 1 is 1.32 bits per heavy atom. The van der Waals surface area contributed by atoms with E-state index >= 15 is 0 Å². The van der Waals surface area contributed by atoms with Gasteiger partial charge in [0.1, 0.15) is 11.5 Å². The number of carbonyl (C=O) groups excluding carboxylic acids is 1. The molecule has 124 valence electrons. The van der Waals surface area contributed by atoms with Gasteiger partial charge in [0.15, 0.2) is 0 Å². The molecule has 0 bridgehead atoms. The van der Waals surface area contributed by atoms with Crippen molar-refractivity contribution >= 4 is 18.3 Å². The van der Waals surface area contributed by atoms with Crippen LogP contribution in [0, 0.1) is 11.8 Å². The minimum absolute atomic E-state index is 0. The maximum atomic E-state index is 12.3. The molecular formula is C16H25ClN2O3. The summed E-state index contributed by atoms with van der Waals surface area (Å²) < 4.78 is 10.5. The number of benzene rings is 1. The third-order valence-corrected chi connectivity index (χ3v) is 4.25. The van der Waals surface area contributed by atoms with Crippen molar-refractivity contribution in [3.8, 4) is 11.5 Å². The molecule has 0 saturated heterocycles. The number of carbonyl (C=O) groups is 1. The van der Waals surface area contributed by atoms with Crippen molar-refractivity contribution in [1.29, 1.82) is 0 Å². The van der Waals surface area contributed by atoms with Crippen LogP contribution < -0.4 is 20.5 Å². The first-order chi connectivity index (χ1) is 10.2. The molecule has 0 radical (unpaired) electrons. The molecule has 5 nitrogen and oxygen atoms in total. The van der Waals surface area contributed by atoms with Gasteiger partial charge in [0.25, 0.3) is 0 Å². The molecule has 1 saturated carbocycles. The van der Waals surface area contributed by atoms with Crippen LogP contribution in [0.3, 0.4) is 0 Å².